The van der Waals surface area contributed by atoms with E-state index in [0.717, 1.165) is 24.2 Å². The summed E-state index contributed by atoms with van der Waals surface area (Å²) < 4.78 is 5.16. The van der Waals surface area contributed by atoms with E-state index < -0.39 is 30.1 Å². The lowest BCUT2D eigenvalue weighted by atomic mass is 10.00. The van der Waals surface area contributed by atoms with Crippen LogP contribution >= 0.6 is 0 Å². The van der Waals surface area contributed by atoms with Crippen LogP contribution in [0.5, 0.6) is 5.75 Å². The minimum Gasteiger partial charge on any atom is -0.497 e. The second-order valence-corrected chi connectivity index (χ2v) is 10.7. The van der Waals surface area contributed by atoms with Crippen LogP contribution in [0.4, 0.5) is 4.79 Å². The van der Waals surface area contributed by atoms with Crippen LogP contribution in [0.1, 0.15) is 85.1 Å². The summed E-state index contributed by atoms with van der Waals surface area (Å²) in [6.45, 7) is 9.84. The van der Waals surface area contributed by atoms with Gasteiger partial charge in [-0.25, -0.2) is 4.79 Å². The lowest BCUT2D eigenvalue weighted by Crippen LogP contribution is -2.56. The Morgan fingerprint density at radius 2 is 1.43 bits per heavy atom. The van der Waals surface area contributed by atoms with E-state index in [4.69, 9.17) is 10.5 Å². The molecule has 0 heterocycles. The van der Waals surface area contributed by atoms with Crippen LogP contribution in [0.2, 0.25) is 0 Å². The van der Waals surface area contributed by atoms with Crippen molar-refractivity contribution in [3.8, 4) is 5.75 Å². The van der Waals surface area contributed by atoms with E-state index in [9.17, 15) is 24.0 Å². The van der Waals surface area contributed by atoms with Crippen molar-refractivity contribution in [1.82, 2.24) is 26.6 Å². The molecule has 0 aliphatic rings. The number of amides is 5. The minimum atomic E-state index is -0.823. The molecule has 0 saturated heterocycles. The Kier molecular flexibility index (Phi) is 21.8. The summed E-state index contributed by atoms with van der Waals surface area (Å²) in [6.07, 6.45) is 4.76. The van der Waals surface area contributed by atoms with Gasteiger partial charge in [-0.1, -0.05) is 39.8 Å². The number of hydrogen-bond acceptors (Lipinski definition) is 7. The first kappa shape index (κ1) is 40.3. The normalized spacial score (nSPS) is 12.5. The van der Waals surface area contributed by atoms with Crippen molar-refractivity contribution in [2.24, 2.45) is 11.7 Å². The van der Waals surface area contributed by atoms with E-state index in [1.165, 1.54) is 6.92 Å². The first-order valence-corrected chi connectivity index (χ1v) is 15.7. The number of urea groups is 1. The number of methoxy groups -OCH3 is 1. The van der Waals surface area contributed by atoms with E-state index in [1.54, 1.807) is 14.2 Å². The predicted molar refractivity (Wildman–Crippen MR) is 173 cm³/mol. The highest BCUT2D eigenvalue weighted by Gasteiger charge is 2.29. The molecule has 0 spiro atoms. The molecule has 12 heteroatoms. The molecule has 3 unspecified atom stereocenters. The summed E-state index contributed by atoms with van der Waals surface area (Å²) in [5.74, 6) is -0.360. The van der Waals surface area contributed by atoms with Gasteiger partial charge in [0.1, 0.15) is 11.8 Å². The van der Waals surface area contributed by atoms with Gasteiger partial charge in [0.05, 0.1) is 19.2 Å². The molecule has 7 N–H and O–H groups in total. The van der Waals surface area contributed by atoms with Gasteiger partial charge in [-0.05, 0) is 82.5 Å². The zero-order valence-corrected chi connectivity index (χ0v) is 27.7. The molecule has 0 aliphatic carbocycles. The maximum atomic E-state index is 13.0. The Labute approximate surface area is 263 Å². The SMILES string of the molecule is CC.CNC(CCCCNC(=O)CCCc1ccc(OC)cc1)C(=O)NC(C(=O)NC(CCCNC(N)=O)C(C)=O)C(C)C. The van der Waals surface area contributed by atoms with Crippen LogP contribution < -0.4 is 37.1 Å². The highest BCUT2D eigenvalue weighted by atomic mass is 16.5. The average Bonchev–Trinajstić information content (AvgIpc) is 2.99. The van der Waals surface area contributed by atoms with Crippen LogP contribution in [0.3, 0.4) is 0 Å². The molecule has 0 saturated carbocycles. The van der Waals surface area contributed by atoms with Crippen molar-refractivity contribution in [2.45, 2.75) is 104 Å². The number of aryl methyl sites for hydroxylation is 1. The highest BCUT2D eigenvalue weighted by Crippen LogP contribution is 2.13. The van der Waals surface area contributed by atoms with Crippen molar-refractivity contribution in [3.63, 3.8) is 0 Å². The number of nitrogens with one attached hydrogen (secondary N) is 5. The molecule has 1 aromatic rings. The molecule has 0 aromatic heterocycles. The Bertz CT molecular complexity index is 1000. The van der Waals surface area contributed by atoms with Crippen molar-refractivity contribution in [2.75, 3.05) is 27.2 Å². The predicted octanol–water partition coefficient (Wildman–Crippen LogP) is 2.58. The number of likely N-dealkylation sites (N-methyl/N-ethyl adjacent to an activating group) is 1. The van der Waals surface area contributed by atoms with Gasteiger partial charge in [0, 0.05) is 19.5 Å². The number of rotatable bonds is 21. The number of nitrogens with two attached hydrogens (primary N) is 1. The molecule has 1 rings (SSSR count). The van der Waals surface area contributed by atoms with E-state index >= 15 is 0 Å². The second-order valence-electron chi connectivity index (χ2n) is 10.7. The van der Waals surface area contributed by atoms with E-state index in [0.29, 0.717) is 45.1 Å². The summed E-state index contributed by atoms with van der Waals surface area (Å²) in [5.41, 5.74) is 6.21. The Balaban J connectivity index is 0.00000904. The molecule has 0 radical (unpaired) electrons. The summed E-state index contributed by atoms with van der Waals surface area (Å²) in [7, 11) is 3.31. The molecule has 12 nitrogen and oxygen atoms in total. The fourth-order valence-electron chi connectivity index (χ4n) is 4.39. The van der Waals surface area contributed by atoms with Gasteiger partial charge in [0.25, 0.3) is 0 Å². The van der Waals surface area contributed by atoms with Crippen LogP contribution in [-0.2, 0) is 25.6 Å². The molecule has 1 aromatic carbocycles. The zero-order chi connectivity index (χ0) is 33.5. The average molecular weight is 621 g/mol. The molecule has 0 fully saturated rings. The minimum absolute atomic E-state index is 0.00482. The second kappa shape index (κ2) is 23.7. The van der Waals surface area contributed by atoms with Crippen molar-refractivity contribution >= 4 is 29.5 Å². The molecule has 0 aliphatic heterocycles. The molecule has 0 bridgehead atoms. The largest absolute Gasteiger partial charge is 0.497 e. The number of benzene rings is 1. The zero-order valence-electron chi connectivity index (χ0n) is 27.7. The summed E-state index contributed by atoms with van der Waals surface area (Å²) in [4.78, 5) is 61.0. The Morgan fingerprint density at radius 1 is 0.818 bits per heavy atom. The van der Waals surface area contributed by atoms with E-state index in [-0.39, 0.29) is 30.1 Å². The fraction of sp³-hybridized carbons (Fsp3) is 0.656. The van der Waals surface area contributed by atoms with Gasteiger partial charge in [0.15, 0.2) is 5.78 Å². The first-order valence-electron chi connectivity index (χ1n) is 15.7. The number of ketones is 1. The number of carbonyl (C=O) groups is 5. The number of ether oxygens (including phenoxy) is 1. The van der Waals surface area contributed by atoms with Crippen molar-refractivity contribution in [1.29, 1.82) is 0 Å². The van der Waals surface area contributed by atoms with Gasteiger partial charge >= 0.3 is 6.03 Å². The lowest BCUT2D eigenvalue weighted by Gasteiger charge is -2.26. The highest BCUT2D eigenvalue weighted by molar-refractivity contribution is 5.93. The third-order valence-electron chi connectivity index (χ3n) is 6.96. The van der Waals surface area contributed by atoms with Crippen molar-refractivity contribution < 1.29 is 28.7 Å². The van der Waals surface area contributed by atoms with Gasteiger partial charge in [-0.3, -0.25) is 19.2 Å². The number of unbranched alkanes of at least 4 members (excludes halogenated alkanes) is 1. The third kappa shape index (κ3) is 17.4. The maximum Gasteiger partial charge on any atom is 0.312 e. The summed E-state index contributed by atoms with van der Waals surface area (Å²) >= 11 is 0. The molecular weight excluding hydrogens is 564 g/mol. The number of Topliss-reactive ketones (excluding diaryl/α,β-unsaturated/α-hetero) is 1. The first-order chi connectivity index (χ1) is 21.0. The lowest BCUT2D eigenvalue weighted by molar-refractivity contribution is -0.133. The third-order valence-corrected chi connectivity index (χ3v) is 6.96. The summed E-state index contributed by atoms with van der Waals surface area (Å²) in [6, 6.07) is 5.10. The monoisotopic (exact) mass is 620 g/mol. The van der Waals surface area contributed by atoms with Gasteiger partial charge in [-0.2, -0.15) is 0 Å². The van der Waals surface area contributed by atoms with Gasteiger partial charge < -0.3 is 37.1 Å². The fourth-order valence-corrected chi connectivity index (χ4v) is 4.39. The standard InChI is InChI=1S/C30H50N6O6.C2H6/c1-20(2)27(29(40)35-24(21(3)37)12-9-19-34-30(31)41)36-28(39)25(32-4)11-6-7-18-33-26(38)13-8-10-22-14-16-23(42-5)17-15-22;1-2/h14-17,20,24-25,27,32H,6-13,18-19H2,1-5H3,(H,33,38)(H,35,40)(H,36,39)(H3,31,34,41);1-2H3. The smallest absolute Gasteiger partial charge is 0.312 e. The van der Waals surface area contributed by atoms with Gasteiger partial charge in [-0.15, -0.1) is 0 Å². The molecule has 44 heavy (non-hydrogen) atoms. The van der Waals surface area contributed by atoms with Crippen LogP contribution in [0.15, 0.2) is 24.3 Å². The van der Waals surface area contributed by atoms with E-state index in [1.807, 2.05) is 52.0 Å². The van der Waals surface area contributed by atoms with Crippen LogP contribution in [-0.4, -0.2) is 74.9 Å². The molecule has 3 atom stereocenters. The molecule has 250 valence electrons. The maximum absolute atomic E-state index is 13.0. The van der Waals surface area contributed by atoms with Crippen LogP contribution in [0.25, 0.3) is 0 Å². The Morgan fingerprint density at radius 3 is 1.98 bits per heavy atom. The van der Waals surface area contributed by atoms with E-state index in [2.05, 4.69) is 26.6 Å². The Hall–Kier alpha value is -3.67. The number of primary amides is 1. The quantitative estimate of drug-likeness (QED) is 0.114. The summed E-state index contributed by atoms with van der Waals surface area (Å²) in [5, 5.41) is 13.9. The van der Waals surface area contributed by atoms with Crippen molar-refractivity contribution in [3.05, 3.63) is 29.8 Å². The number of carbonyl (C=O) groups excluding carboxylic acids is 5. The topological polar surface area (TPSA) is 181 Å². The molecular formula is C32H56N6O6. The van der Waals surface area contributed by atoms with Crippen LogP contribution in [0, 0.1) is 5.92 Å². The van der Waals surface area contributed by atoms with Gasteiger partial charge in [0.2, 0.25) is 17.7 Å². The molecule has 5 amide bonds. The number of hydrogen-bond donors (Lipinski definition) is 6.